The van der Waals surface area contributed by atoms with Gasteiger partial charge in [-0.15, -0.1) is 0 Å². The van der Waals surface area contributed by atoms with Crippen LogP contribution in [0.5, 0.6) is 0 Å². The standard InChI is InChI=1S/C20H27N3O3/c1-5-26-20(25)18-13(3)17(22-14(18)4)10-15(11-21)19(24)23-16-9-7-6-8-12(16)2/h10,12,16,22H,5-9H2,1-4H3,(H,23,24)/b15-10+/t12-,16-/m1/s1. The lowest BCUT2D eigenvalue weighted by Crippen LogP contribution is -2.41. The van der Waals surface area contributed by atoms with Gasteiger partial charge in [-0.3, -0.25) is 4.79 Å². The summed E-state index contributed by atoms with van der Waals surface area (Å²) in [4.78, 5) is 27.7. The minimum Gasteiger partial charge on any atom is -0.462 e. The Labute approximate surface area is 154 Å². The van der Waals surface area contributed by atoms with Crippen molar-refractivity contribution < 1.29 is 14.3 Å². The number of hydrogen-bond acceptors (Lipinski definition) is 4. The van der Waals surface area contributed by atoms with Crippen molar-refractivity contribution in [2.75, 3.05) is 6.61 Å². The van der Waals surface area contributed by atoms with Crippen molar-refractivity contribution in [2.45, 2.75) is 59.4 Å². The van der Waals surface area contributed by atoms with Crippen LogP contribution in [-0.4, -0.2) is 29.5 Å². The molecule has 0 aromatic carbocycles. The van der Waals surface area contributed by atoms with Crippen LogP contribution in [0.4, 0.5) is 0 Å². The average molecular weight is 357 g/mol. The zero-order chi connectivity index (χ0) is 19.3. The third kappa shape index (κ3) is 4.34. The highest BCUT2D eigenvalue weighted by Crippen LogP contribution is 2.25. The Bertz CT molecular complexity index is 755. The van der Waals surface area contributed by atoms with E-state index < -0.39 is 5.97 Å². The number of nitrogens with one attached hydrogen (secondary N) is 2. The van der Waals surface area contributed by atoms with E-state index in [1.54, 1.807) is 20.8 Å². The first-order valence-corrected chi connectivity index (χ1v) is 9.17. The number of aryl methyl sites for hydroxylation is 1. The molecule has 0 unspecified atom stereocenters. The van der Waals surface area contributed by atoms with Crippen LogP contribution in [0.15, 0.2) is 5.57 Å². The minimum absolute atomic E-state index is 0.0301. The zero-order valence-corrected chi connectivity index (χ0v) is 15.9. The molecule has 2 N–H and O–H groups in total. The van der Waals surface area contributed by atoms with Gasteiger partial charge in [-0.1, -0.05) is 19.8 Å². The van der Waals surface area contributed by atoms with Crippen molar-refractivity contribution in [3.63, 3.8) is 0 Å². The largest absolute Gasteiger partial charge is 0.462 e. The molecule has 26 heavy (non-hydrogen) atoms. The Morgan fingerprint density at radius 3 is 2.65 bits per heavy atom. The summed E-state index contributed by atoms with van der Waals surface area (Å²) in [6, 6.07) is 2.08. The van der Waals surface area contributed by atoms with E-state index in [0.717, 1.165) is 19.3 Å². The maximum absolute atomic E-state index is 12.5. The van der Waals surface area contributed by atoms with Gasteiger partial charge in [-0.2, -0.15) is 5.26 Å². The SMILES string of the molecule is CCOC(=O)c1c(C)[nH]c(/C=C(\C#N)C(=O)N[C@@H]2CCCC[C@H]2C)c1C. The van der Waals surface area contributed by atoms with E-state index in [9.17, 15) is 14.9 Å². The molecule has 0 aliphatic heterocycles. The van der Waals surface area contributed by atoms with E-state index in [1.807, 2.05) is 6.07 Å². The maximum atomic E-state index is 12.5. The smallest absolute Gasteiger partial charge is 0.340 e. The molecule has 0 bridgehead atoms. The third-order valence-electron chi connectivity index (χ3n) is 5.04. The number of carbonyl (C=O) groups excluding carboxylic acids is 2. The molecule has 1 aliphatic carbocycles. The summed E-state index contributed by atoms with van der Waals surface area (Å²) < 4.78 is 5.07. The Morgan fingerprint density at radius 2 is 2.04 bits per heavy atom. The molecule has 0 spiro atoms. The van der Waals surface area contributed by atoms with Gasteiger partial charge in [-0.25, -0.2) is 4.79 Å². The lowest BCUT2D eigenvalue weighted by atomic mass is 9.86. The summed E-state index contributed by atoms with van der Waals surface area (Å²) in [5.74, 6) is -0.356. The van der Waals surface area contributed by atoms with Gasteiger partial charge in [0.05, 0.1) is 12.2 Å². The minimum atomic E-state index is -0.405. The van der Waals surface area contributed by atoms with Gasteiger partial charge in [0.1, 0.15) is 11.6 Å². The number of H-pyrrole nitrogens is 1. The molecule has 1 aromatic heterocycles. The highest BCUT2D eigenvalue weighted by Gasteiger charge is 2.25. The summed E-state index contributed by atoms with van der Waals surface area (Å²) in [5, 5.41) is 12.4. The second-order valence-electron chi connectivity index (χ2n) is 6.90. The second kappa shape index (κ2) is 8.70. The van der Waals surface area contributed by atoms with Crippen LogP contribution in [0, 0.1) is 31.1 Å². The molecule has 1 heterocycles. The number of hydrogen-bond donors (Lipinski definition) is 2. The Balaban J connectivity index is 2.23. The number of amides is 1. The molecule has 2 rings (SSSR count). The molecule has 2 atom stereocenters. The Kier molecular flexibility index (Phi) is 6.62. The maximum Gasteiger partial charge on any atom is 0.340 e. The van der Waals surface area contributed by atoms with Crippen LogP contribution in [-0.2, 0) is 9.53 Å². The summed E-state index contributed by atoms with van der Waals surface area (Å²) in [6.45, 7) is 7.72. The van der Waals surface area contributed by atoms with Gasteiger partial charge >= 0.3 is 5.97 Å². The predicted octanol–water partition coefficient (Wildman–Crippen LogP) is 3.41. The summed E-state index contributed by atoms with van der Waals surface area (Å²) in [6.07, 6.45) is 5.83. The van der Waals surface area contributed by atoms with Gasteiger partial charge in [-0.05, 0) is 51.2 Å². The summed E-state index contributed by atoms with van der Waals surface area (Å²) in [7, 11) is 0. The van der Waals surface area contributed by atoms with Crippen LogP contribution in [0.25, 0.3) is 6.08 Å². The normalized spacial score (nSPS) is 20.3. The zero-order valence-electron chi connectivity index (χ0n) is 15.9. The van der Waals surface area contributed by atoms with Gasteiger partial charge in [0.2, 0.25) is 0 Å². The fourth-order valence-corrected chi connectivity index (χ4v) is 3.50. The molecule has 6 nitrogen and oxygen atoms in total. The van der Waals surface area contributed by atoms with Crippen LogP contribution in [0.2, 0.25) is 0 Å². The Morgan fingerprint density at radius 1 is 1.35 bits per heavy atom. The molecule has 140 valence electrons. The van der Waals surface area contributed by atoms with Crippen molar-refractivity contribution in [2.24, 2.45) is 5.92 Å². The molecule has 1 fully saturated rings. The molecular weight excluding hydrogens is 330 g/mol. The molecule has 6 heteroatoms. The number of nitriles is 1. The lowest BCUT2D eigenvalue weighted by molar-refractivity contribution is -0.118. The second-order valence-corrected chi connectivity index (χ2v) is 6.90. The van der Waals surface area contributed by atoms with E-state index in [2.05, 4.69) is 17.2 Å². The number of nitrogens with zero attached hydrogens (tertiary/aromatic N) is 1. The van der Waals surface area contributed by atoms with E-state index in [0.29, 0.717) is 35.0 Å². The van der Waals surface area contributed by atoms with E-state index >= 15 is 0 Å². The third-order valence-corrected chi connectivity index (χ3v) is 5.04. The first-order valence-electron chi connectivity index (χ1n) is 9.17. The molecular formula is C20H27N3O3. The summed E-state index contributed by atoms with van der Waals surface area (Å²) in [5.41, 5.74) is 2.39. The molecule has 1 saturated carbocycles. The first kappa shape index (κ1) is 19.8. The monoisotopic (exact) mass is 357 g/mol. The first-order chi connectivity index (χ1) is 12.4. The van der Waals surface area contributed by atoms with Gasteiger partial charge < -0.3 is 15.0 Å². The van der Waals surface area contributed by atoms with Crippen molar-refractivity contribution in [1.82, 2.24) is 10.3 Å². The highest BCUT2D eigenvalue weighted by atomic mass is 16.5. The van der Waals surface area contributed by atoms with Crippen LogP contribution in [0.3, 0.4) is 0 Å². The fourth-order valence-electron chi connectivity index (χ4n) is 3.50. The number of aromatic nitrogens is 1. The molecule has 1 amide bonds. The quantitative estimate of drug-likeness (QED) is 0.479. The van der Waals surface area contributed by atoms with Crippen molar-refractivity contribution in [3.8, 4) is 6.07 Å². The van der Waals surface area contributed by atoms with Crippen LogP contribution < -0.4 is 5.32 Å². The van der Waals surface area contributed by atoms with Crippen molar-refractivity contribution >= 4 is 18.0 Å². The number of rotatable bonds is 5. The van der Waals surface area contributed by atoms with Crippen LogP contribution >= 0.6 is 0 Å². The van der Waals surface area contributed by atoms with Gasteiger partial charge in [0.15, 0.2) is 0 Å². The van der Waals surface area contributed by atoms with Crippen molar-refractivity contribution in [1.29, 1.82) is 5.26 Å². The molecule has 0 saturated heterocycles. The van der Waals surface area contributed by atoms with Gasteiger partial charge in [0, 0.05) is 17.4 Å². The van der Waals surface area contributed by atoms with E-state index in [1.165, 1.54) is 12.5 Å². The van der Waals surface area contributed by atoms with Crippen molar-refractivity contribution in [3.05, 3.63) is 28.1 Å². The lowest BCUT2D eigenvalue weighted by Gasteiger charge is -2.29. The van der Waals surface area contributed by atoms with Gasteiger partial charge in [0.25, 0.3) is 5.91 Å². The molecule has 1 aliphatic rings. The highest BCUT2D eigenvalue weighted by molar-refractivity contribution is 6.02. The topological polar surface area (TPSA) is 95.0 Å². The number of carbonyl (C=O) groups is 2. The number of aromatic amines is 1. The number of ether oxygens (including phenoxy) is 1. The van der Waals surface area contributed by atoms with Crippen LogP contribution in [0.1, 0.15) is 66.8 Å². The number of esters is 1. The predicted molar refractivity (Wildman–Crippen MR) is 99.4 cm³/mol. The molecule has 0 radical (unpaired) electrons. The van der Waals surface area contributed by atoms with E-state index in [-0.39, 0.29) is 17.5 Å². The average Bonchev–Trinajstić information content (AvgIpc) is 2.88. The molecule has 1 aromatic rings. The Hall–Kier alpha value is -2.55. The fraction of sp³-hybridized carbons (Fsp3) is 0.550. The van der Waals surface area contributed by atoms with E-state index in [4.69, 9.17) is 4.74 Å². The summed E-state index contributed by atoms with van der Waals surface area (Å²) >= 11 is 0.